The van der Waals surface area contributed by atoms with Crippen molar-refractivity contribution in [2.24, 2.45) is 0 Å². The van der Waals surface area contributed by atoms with Crippen molar-refractivity contribution in [3.05, 3.63) is 76.1 Å². The second kappa shape index (κ2) is 8.09. The third-order valence-electron chi connectivity index (χ3n) is 4.91. The van der Waals surface area contributed by atoms with Crippen LogP contribution in [-0.2, 0) is 6.54 Å². The average Bonchev–Trinajstić information content (AvgIpc) is 3.02. The number of anilines is 1. The van der Waals surface area contributed by atoms with Gasteiger partial charge in [0.2, 0.25) is 5.28 Å². The van der Waals surface area contributed by atoms with Gasteiger partial charge in [-0.15, -0.1) is 11.3 Å². The van der Waals surface area contributed by atoms with E-state index in [0.717, 1.165) is 32.0 Å². The third kappa shape index (κ3) is 3.98. The summed E-state index contributed by atoms with van der Waals surface area (Å²) < 4.78 is 13.5. The Morgan fingerprint density at radius 3 is 2.38 bits per heavy atom. The Hall–Kier alpha value is -2.50. The fourth-order valence-corrected chi connectivity index (χ4v) is 4.78. The number of nitrogens with zero attached hydrogens (tertiary/aromatic N) is 3. The topological polar surface area (TPSA) is 29.0 Å². The fraction of sp³-hybridized carbons (Fsp3) is 0.217. The molecule has 4 aromatic rings. The van der Waals surface area contributed by atoms with Gasteiger partial charge in [-0.05, 0) is 55.6 Å². The minimum absolute atomic E-state index is 0.200. The van der Waals surface area contributed by atoms with Crippen LogP contribution in [0.2, 0.25) is 5.28 Å². The van der Waals surface area contributed by atoms with Gasteiger partial charge in [0.1, 0.15) is 16.5 Å². The smallest absolute Gasteiger partial charge is 0.225 e. The summed E-state index contributed by atoms with van der Waals surface area (Å²) in [5.41, 5.74) is 3.18. The van der Waals surface area contributed by atoms with Gasteiger partial charge >= 0.3 is 0 Å². The second-order valence-electron chi connectivity index (χ2n) is 7.24. The Morgan fingerprint density at radius 2 is 1.72 bits per heavy atom. The van der Waals surface area contributed by atoms with Crippen LogP contribution in [0.3, 0.4) is 0 Å². The maximum absolute atomic E-state index is 13.5. The van der Waals surface area contributed by atoms with E-state index in [2.05, 4.69) is 47.8 Å². The van der Waals surface area contributed by atoms with Crippen molar-refractivity contribution in [3.8, 4) is 11.1 Å². The molecule has 0 unspecified atom stereocenters. The molecule has 2 heterocycles. The van der Waals surface area contributed by atoms with Crippen LogP contribution < -0.4 is 4.90 Å². The number of fused-ring (bicyclic) bond motifs is 1. The van der Waals surface area contributed by atoms with E-state index in [1.54, 1.807) is 23.5 Å². The number of hydrogen-bond donors (Lipinski definition) is 0. The van der Waals surface area contributed by atoms with Gasteiger partial charge < -0.3 is 4.90 Å². The van der Waals surface area contributed by atoms with E-state index in [9.17, 15) is 4.39 Å². The van der Waals surface area contributed by atoms with Crippen LogP contribution in [0.15, 0.2) is 54.6 Å². The highest BCUT2D eigenvalue weighted by Gasteiger charge is 2.23. The Bertz CT molecular complexity index is 1140. The number of aromatic nitrogens is 2. The van der Waals surface area contributed by atoms with E-state index in [-0.39, 0.29) is 17.1 Å². The number of halogens is 2. The number of rotatable bonds is 5. The Morgan fingerprint density at radius 1 is 1.03 bits per heavy atom. The molecule has 6 heteroatoms. The van der Waals surface area contributed by atoms with E-state index < -0.39 is 0 Å². The van der Waals surface area contributed by atoms with Crippen LogP contribution in [0.1, 0.15) is 24.3 Å². The van der Waals surface area contributed by atoms with E-state index in [0.29, 0.717) is 6.54 Å². The van der Waals surface area contributed by atoms with Crippen molar-refractivity contribution < 1.29 is 4.39 Å². The summed E-state index contributed by atoms with van der Waals surface area (Å²) in [5, 5.41) is 1.20. The number of hydrogen-bond acceptors (Lipinski definition) is 4. The normalized spacial score (nSPS) is 11.4. The molecule has 148 valence electrons. The summed E-state index contributed by atoms with van der Waals surface area (Å²) in [5.74, 6) is 0.556. The first-order valence-corrected chi connectivity index (χ1v) is 10.7. The summed E-state index contributed by atoms with van der Waals surface area (Å²) >= 11 is 7.90. The SMILES string of the molecule is Cc1sc2nc(Cl)nc(N(Cc3ccccc3)C(C)C)c2c1-c1ccc(F)cc1. The molecule has 4 rings (SSSR count). The zero-order valence-electron chi connectivity index (χ0n) is 16.5. The van der Waals surface area contributed by atoms with Gasteiger partial charge in [0.15, 0.2) is 0 Å². The molecule has 0 bridgehead atoms. The second-order valence-corrected chi connectivity index (χ2v) is 8.79. The van der Waals surface area contributed by atoms with Gasteiger partial charge in [-0.1, -0.05) is 42.5 Å². The molecule has 29 heavy (non-hydrogen) atoms. The molecule has 0 radical (unpaired) electrons. The Labute approximate surface area is 178 Å². The first-order chi connectivity index (χ1) is 13.9. The highest BCUT2D eigenvalue weighted by molar-refractivity contribution is 7.19. The molecule has 0 fully saturated rings. The lowest BCUT2D eigenvalue weighted by Gasteiger charge is -2.29. The molecule has 2 aromatic carbocycles. The van der Waals surface area contributed by atoms with Crippen molar-refractivity contribution in [1.29, 1.82) is 0 Å². The van der Waals surface area contributed by atoms with E-state index in [4.69, 9.17) is 11.6 Å². The van der Waals surface area contributed by atoms with Crippen LogP contribution in [-0.4, -0.2) is 16.0 Å². The zero-order chi connectivity index (χ0) is 20.5. The van der Waals surface area contributed by atoms with Crippen LogP contribution in [0.5, 0.6) is 0 Å². The third-order valence-corrected chi connectivity index (χ3v) is 6.07. The molecular weight excluding hydrogens is 405 g/mol. The first kappa shape index (κ1) is 19.8. The van der Waals surface area contributed by atoms with Gasteiger partial charge in [0, 0.05) is 23.0 Å². The minimum Gasteiger partial charge on any atom is -0.349 e. The van der Waals surface area contributed by atoms with Crippen molar-refractivity contribution in [1.82, 2.24) is 9.97 Å². The minimum atomic E-state index is -0.252. The fourth-order valence-electron chi connectivity index (χ4n) is 3.52. The van der Waals surface area contributed by atoms with Crippen molar-refractivity contribution >= 4 is 39.0 Å². The van der Waals surface area contributed by atoms with Crippen LogP contribution >= 0.6 is 22.9 Å². The van der Waals surface area contributed by atoms with Gasteiger partial charge in [0.25, 0.3) is 0 Å². The maximum atomic E-state index is 13.5. The maximum Gasteiger partial charge on any atom is 0.225 e. The van der Waals surface area contributed by atoms with E-state index >= 15 is 0 Å². The lowest BCUT2D eigenvalue weighted by atomic mass is 10.0. The first-order valence-electron chi connectivity index (χ1n) is 9.47. The number of aryl methyl sites for hydroxylation is 1. The monoisotopic (exact) mass is 425 g/mol. The lowest BCUT2D eigenvalue weighted by Crippen LogP contribution is -2.31. The predicted molar refractivity (Wildman–Crippen MR) is 120 cm³/mol. The molecule has 0 spiro atoms. The summed E-state index contributed by atoms with van der Waals surface area (Å²) in [7, 11) is 0. The quantitative estimate of drug-likeness (QED) is 0.326. The van der Waals surface area contributed by atoms with Crippen LogP contribution in [0, 0.1) is 12.7 Å². The molecule has 0 saturated heterocycles. The molecule has 3 nitrogen and oxygen atoms in total. The summed E-state index contributed by atoms with van der Waals surface area (Å²) in [6.07, 6.45) is 0. The van der Waals surface area contributed by atoms with Crippen molar-refractivity contribution in [2.45, 2.75) is 33.4 Å². The summed E-state index contributed by atoms with van der Waals surface area (Å²) in [4.78, 5) is 13.3. The predicted octanol–water partition coefficient (Wildman–Crippen LogP) is 6.87. The van der Waals surface area contributed by atoms with Gasteiger partial charge in [-0.3, -0.25) is 0 Å². The van der Waals surface area contributed by atoms with Crippen LogP contribution in [0.4, 0.5) is 10.2 Å². The zero-order valence-corrected chi connectivity index (χ0v) is 18.1. The molecular formula is C23H21ClFN3S. The summed E-state index contributed by atoms with van der Waals surface area (Å²) in [6.45, 7) is 7.04. The van der Waals surface area contributed by atoms with Gasteiger partial charge in [-0.2, -0.15) is 4.98 Å². The van der Waals surface area contributed by atoms with Gasteiger partial charge in [-0.25, -0.2) is 9.37 Å². The lowest BCUT2D eigenvalue weighted by molar-refractivity contribution is 0.628. The largest absolute Gasteiger partial charge is 0.349 e. The molecule has 0 amide bonds. The average molecular weight is 426 g/mol. The Kier molecular flexibility index (Phi) is 5.52. The Balaban J connectivity index is 1.93. The molecule has 0 saturated carbocycles. The standard InChI is InChI=1S/C23H21ClFN3S/c1-14(2)28(13-16-7-5-4-6-8-16)21-20-19(17-9-11-18(25)12-10-17)15(3)29-22(20)27-23(24)26-21/h4-12,14H,13H2,1-3H3. The summed E-state index contributed by atoms with van der Waals surface area (Å²) in [6, 6.07) is 17.1. The number of benzene rings is 2. The highest BCUT2D eigenvalue weighted by Crippen LogP contribution is 2.43. The van der Waals surface area contributed by atoms with Crippen LogP contribution in [0.25, 0.3) is 21.3 Å². The molecule has 2 aromatic heterocycles. The van der Waals surface area contributed by atoms with Gasteiger partial charge in [0.05, 0.1) is 5.39 Å². The van der Waals surface area contributed by atoms with Crippen molar-refractivity contribution in [2.75, 3.05) is 4.90 Å². The van der Waals surface area contributed by atoms with E-state index in [1.165, 1.54) is 17.7 Å². The molecule has 0 aliphatic heterocycles. The van der Waals surface area contributed by atoms with Crippen molar-refractivity contribution in [3.63, 3.8) is 0 Å². The number of thiophene rings is 1. The highest BCUT2D eigenvalue weighted by atomic mass is 35.5. The molecule has 0 N–H and O–H groups in total. The molecule has 0 atom stereocenters. The van der Waals surface area contributed by atoms with E-state index in [1.807, 2.05) is 18.2 Å². The molecule has 0 aliphatic rings. The molecule has 0 aliphatic carbocycles.